The molecule has 0 unspecified atom stereocenters. The maximum absolute atomic E-state index is 13.5. The molecule has 36 heavy (non-hydrogen) atoms. The third-order valence-electron chi connectivity index (χ3n) is 5.88. The monoisotopic (exact) mass is 506 g/mol. The molecule has 3 aromatic heterocycles. The van der Waals surface area contributed by atoms with Crippen molar-refractivity contribution in [1.82, 2.24) is 14.0 Å². The van der Waals surface area contributed by atoms with Crippen LogP contribution in [0.4, 0.5) is 0 Å². The van der Waals surface area contributed by atoms with Crippen LogP contribution in [0.5, 0.6) is 0 Å². The molecule has 0 aliphatic rings. The second-order valence-electron chi connectivity index (χ2n) is 8.42. The summed E-state index contributed by atoms with van der Waals surface area (Å²) in [5.74, 6) is -1.21. The maximum Gasteiger partial charge on any atom is 0.341 e. The molecular weight excluding hydrogens is 480 g/mol. The molecule has 186 valence electrons. The van der Waals surface area contributed by atoms with E-state index in [2.05, 4.69) is 11.9 Å². The van der Waals surface area contributed by atoms with Crippen LogP contribution in [0.25, 0.3) is 16.7 Å². The van der Waals surface area contributed by atoms with E-state index in [0.717, 1.165) is 24.8 Å². The number of rotatable bonds is 7. The van der Waals surface area contributed by atoms with Crippen LogP contribution in [0.15, 0.2) is 58.4 Å². The van der Waals surface area contributed by atoms with Crippen LogP contribution in [0.3, 0.4) is 0 Å². The molecule has 0 spiro atoms. The summed E-state index contributed by atoms with van der Waals surface area (Å²) in [6.07, 6.45) is 4.26. The molecule has 1 aromatic carbocycles. The van der Waals surface area contributed by atoms with Gasteiger partial charge in [0.1, 0.15) is 16.9 Å². The van der Waals surface area contributed by atoms with E-state index >= 15 is 0 Å². The second kappa shape index (κ2) is 10.9. The number of hydrogen-bond donors (Lipinski definition) is 0. The number of aromatic nitrogens is 3. The van der Waals surface area contributed by atoms with Crippen LogP contribution in [-0.2, 0) is 11.3 Å². The Morgan fingerprint density at radius 1 is 1.08 bits per heavy atom. The predicted molar refractivity (Wildman–Crippen MR) is 139 cm³/mol. The van der Waals surface area contributed by atoms with Crippen molar-refractivity contribution in [2.75, 3.05) is 6.61 Å². The van der Waals surface area contributed by atoms with E-state index in [0.29, 0.717) is 28.4 Å². The fourth-order valence-electron chi connectivity index (χ4n) is 4.05. The van der Waals surface area contributed by atoms with Gasteiger partial charge in [-0.15, -0.1) is 0 Å². The highest BCUT2D eigenvalue weighted by atomic mass is 35.5. The van der Waals surface area contributed by atoms with Gasteiger partial charge in [0.2, 0.25) is 0 Å². The SMILES string of the molecule is CCCCCn1c(=NC(=O)c2ccc(Cl)cc2)c(C(=O)OCC)cc2c(=O)n3cccc(C)c3nc21. The van der Waals surface area contributed by atoms with E-state index in [1.165, 1.54) is 10.5 Å². The first-order chi connectivity index (χ1) is 17.3. The molecule has 0 N–H and O–H groups in total. The zero-order valence-corrected chi connectivity index (χ0v) is 21.2. The Morgan fingerprint density at radius 3 is 2.53 bits per heavy atom. The van der Waals surface area contributed by atoms with E-state index in [4.69, 9.17) is 21.3 Å². The molecular formula is C27H27ClN4O4. The highest BCUT2D eigenvalue weighted by molar-refractivity contribution is 6.30. The van der Waals surface area contributed by atoms with Gasteiger partial charge in [-0.25, -0.2) is 9.78 Å². The molecule has 3 heterocycles. The van der Waals surface area contributed by atoms with Crippen LogP contribution >= 0.6 is 11.6 Å². The number of unbranched alkanes of at least 4 members (excludes halogenated alkanes) is 2. The number of nitrogens with zero attached hydrogens (tertiary/aromatic N) is 4. The van der Waals surface area contributed by atoms with E-state index < -0.39 is 11.9 Å². The summed E-state index contributed by atoms with van der Waals surface area (Å²) >= 11 is 5.97. The van der Waals surface area contributed by atoms with Crippen molar-refractivity contribution in [1.29, 1.82) is 0 Å². The maximum atomic E-state index is 13.5. The third kappa shape index (κ3) is 4.95. The van der Waals surface area contributed by atoms with Crippen LogP contribution in [-0.4, -0.2) is 32.4 Å². The Hall–Kier alpha value is -3.78. The molecule has 0 saturated carbocycles. The van der Waals surface area contributed by atoms with Crippen molar-refractivity contribution >= 4 is 40.2 Å². The lowest BCUT2D eigenvalue weighted by molar-refractivity contribution is 0.0523. The van der Waals surface area contributed by atoms with E-state index in [-0.39, 0.29) is 28.6 Å². The van der Waals surface area contributed by atoms with Gasteiger partial charge < -0.3 is 9.30 Å². The number of halogens is 1. The number of hydrogen-bond acceptors (Lipinski definition) is 5. The van der Waals surface area contributed by atoms with Crippen molar-refractivity contribution in [3.05, 3.63) is 86.2 Å². The fourth-order valence-corrected chi connectivity index (χ4v) is 4.18. The summed E-state index contributed by atoms with van der Waals surface area (Å²) < 4.78 is 8.43. The van der Waals surface area contributed by atoms with Crippen molar-refractivity contribution in [3.63, 3.8) is 0 Å². The lowest BCUT2D eigenvalue weighted by Gasteiger charge is -2.15. The number of fused-ring (bicyclic) bond motifs is 2. The van der Waals surface area contributed by atoms with Gasteiger partial charge >= 0.3 is 5.97 Å². The minimum Gasteiger partial charge on any atom is -0.462 e. The van der Waals surface area contributed by atoms with Gasteiger partial charge in [0.15, 0.2) is 5.49 Å². The summed E-state index contributed by atoms with van der Waals surface area (Å²) in [7, 11) is 0. The molecule has 0 aliphatic carbocycles. The highest BCUT2D eigenvalue weighted by Gasteiger charge is 2.20. The molecule has 0 radical (unpaired) electrons. The van der Waals surface area contributed by atoms with Crippen molar-refractivity contribution in [3.8, 4) is 0 Å². The molecule has 9 heteroatoms. The topological polar surface area (TPSA) is 95.0 Å². The normalized spacial score (nSPS) is 11.8. The zero-order chi connectivity index (χ0) is 25.8. The first-order valence-electron chi connectivity index (χ1n) is 11.9. The minimum atomic E-state index is -0.667. The highest BCUT2D eigenvalue weighted by Crippen LogP contribution is 2.15. The van der Waals surface area contributed by atoms with E-state index in [9.17, 15) is 14.4 Å². The Morgan fingerprint density at radius 2 is 1.83 bits per heavy atom. The average molecular weight is 507 g/mol. The summed E-state index contributed by atoms with van der Waals surface area (Å²) in [5, 5.41) is 0.738. The third-order valence-corrected chi connectivity index (χ3v) is 6.14. The molecule has 0 aliphatic heterocycles. The van der Waals surface area contributed by atoms with Gasteiger partial charge in [-0.05, 0) is 62.2 Å². The van der Waals surface area contributed by atoms with Crippen molar-refractivity contribution in [2.45, 2.75) is 46.6 Å². The molecule has 0 saturated heterocycles. The van der Waals surface area contributed by atoms with Gasteiger partial charge in [-0.1, -0.05) is 37.4 Å². The van der Waals surface area contributed by atoms with Crippen LogP contribution in [0.2, 0.25) is 5.02 Å². The smallest absolute Gasteiger partial charge is 0.341 e. The molecule has 1 amide bonds. The number of carbonyl (C=O) groups excluding carboxylic acids is 2. The van der Waals surface area contributed by atoms with Crippen molar-refractivity contribution in [2.24, 2.45) is 4.99 Å². The van der Waals surface area contributed by atoms with Gasteiger partial charge in [0, 0.05) is 23.3 Å². The lowest BCUT2D eigenvalue weighted by atomic mass is 10.1. The standard InChI is InChI=1S/C27H27ClN4O4/c1-4-6-7-14-31-23-20(26(34)32-15-8-9-17(3)22(32)29-23)16-21(27(35)36-5-2)24(31)30-25(33)18-10-12-19(28)13-11-18/h8-13,15-16H,4-7,14H2,1-3H3. The van der Waals surface area contributed by atoms with Gasteiger partial charge in [-0.2, -0.15) is 4.99 Å². The largest absolute Gasteiger partial charge is 0.462 e. The van der Waals surface area contributed by atoms with E-state index in [1.54, 1.807) is 48.0 Å². The molecule has 4 aromatic rings. The Balaban J connectivity index is 2.11. The fraction of sp³-hybridized carbons (Fsp3) is 0.296. The van der Waals surface area contributed by atoms with Crippen LogP contribution in [0, 0.1) is 6.92 Å². The number of ether oxygens (including phenoxy) is 1. The van der Waals surface area contributed by atoms with E-state index in [1.807, 2.05) is 13.0 Å². The van der Waals surface area contributed by atoms with Crippen molar-refractivity contribution < 1.29 is 14.3 Å². The first-order valence-corrected chi connectivity index (χ1v) is 12.3. The molecule has 8 nitrogen and oxygen atoms in total. The van der Waals surface area contributed by atoms with Gasteiger partial charge in [-0.3, -0.25) is 14.0 Å². The number of carbonyl (C=O) groups is 2. The van der Waals surface area contributed by atoms with Crippen LogP contribution < -0.4 is 11.0 Å². The zero-order valence-electron chi connectivity index (χ0n) is 20.5. The summed E-state index contributed by atoms with van der Waals surface area (Å²) in [5.41, 5.74) is 1.83. The number of aryl methyl sites for hydroxylation is 2. The number of amides is 1. The Bertz CT molecular complexity index is 1590. The number of esters is 1. The van der Waals surface area contributed by atoms with Crippen LogP contribution in [0.1, 0.15) is 59.4 Å². The summed E-state index contributed by atoms with van der Waals surface area (Å²) in [4.78, 5) is 48.8. The minimum absolute atomic E-state index is 0.0367. The summed E-state index contributed by atoms with van der Waals surface area (Å²) in [6, 6.07) is 11.4. The Kier molecular flexibility index (Phi) is 7.64. The lowest BCUT2D eigenvalue weighted by Crippen LogP contribution is -2.33. The van der Waals surface area contributed by atoms with Gasteiger partial charge in [0.05, 0.1) is 12.0 Å². The molecule has 0 atom stereocenters. The first kappa shape index (κ1) is 25.3. The summed E-state index contributed by atoms with van der Waals surface area (Å²) in [6.45, 7) is 6.19. The quantitative estimate of drug-likeness (QED) is 0.205. The predicted octanol–water partition coefficient (Wildman–Crippen LogP) is 4.72. The van der Waals surface area contributed by atoms with Gasteiger partial charge in [0.25, 0.3) is 11.5 Å². The average Bonchev–Trinajstić information content (AvgIpc) is 2.86. The number of pyridine rings is 2. The molecule has 0 fully saturated rings. The number of benzene rings is 1. The second-order valence-corrected chi connectivity index (χ2v) is 8.86. The molecule has 4 rings (SSSR count). The Labute approximate surface area is 212 Å². The molecule has 0 bridgehead atoms.